The zero-order chi connectivity index (χ0) is 45.8. The summed E-state index contributed by atoms with van der Waals surface area (Å²) >= 11 is 15.6. The van der Waals surface area contributed by atoms with Crippen molar-refractivity contribution in [1.29, 1.82) is 0 Å². The van der Waals surface area contributed by atoms with Gasteiger partial charge in [0.15, 0.2) is 21.8 Å². The van der Waals surface area contributed by atoms with Crippen molar-refractivity contribution >= 4 is 78.2 Å². The number of anilines is 2. The molecule has 0 aromatic heterocycles. The molecular formula is C54H76B2Cl2N4. The number of rotatable bonds is 16. The quantitative estimate of drug-likeness (QED) is 0.0724. The lowest BCUT2D eigenvalue weighted by Gasteiger charge is -2.35. The van der Waals surface area contributed by atoms with Crippen LogP contribution in [0.2, 0.25) is 0 Å². The van der Waals surface area contributed by atoms with Gasteiger partial charge in [-0.15, -0.1) is 0 Å². The van der Waals surface area contributed by atoms with Gasteiger partial charge in [-0.1, -0.05) is 132 Å². The Morgan fingerprint density at radius 3 is 0.694 bits per heavy atom. The van der Waals surface area contributed by atoms with Crippen LogP contribution in [0.15, 0.2) is 121 Å². The normalized spacial score (nSPS) is 12.5. The van der Waals surface area contributed by atoms with Gasteiger partial charge in [0, 0.05) is 24.2 Å². The summed E-state index contributed by atoms with van der Waals surface area (Å²) in [5.41, 5.74) is 6.82. The van der Waals surface area contributed by atoms with Crippen molar-refractivity contribution in [3.63, 3.8) is 0 Å². The minimum Gasteiger partial charge on any atom is -0.371 e. The maximum atomic E-state index is 7.81. The van der Waals surface area contributed by atoms with Crippen LogP contribution in [0.3, 0.4) is 0 Å². The van der Waals surface area contributed by atoms with Crippen LogP contribution in [0.25, 0.3) is 0 Å². The van der Waals surface area contributed by atoms with Gasteiger partial charge in [0.25, 0.3) is 0 Å². The van der Waals surface area contributed by atoms with Crippen LogP contribution in [0.4, 0.5) is 11.4 Å². The Kier molecular flexibility index (Phi) is 16.0. The number of nitrogens with zero attached hydrogens (tertiary/aromatic N) is 4. The molecule has 8 heteroatoms. The number of hydrogen-bond donors (Lipinski definition) is 0. The summed E-state index contributed by atoms with van der Waals surface area (Å²) in [4.78, 5) is 5.10. The minimum atomic E-state index is -1.60. The zero-order valence-corrected chi connectivity index (χ0v) is 42.4. The predicted octanol–water partition coefficient (Wildman–Crippen LogP) is 7.96. The molecule has 6 rings (SSSR count). The first-order valence-corrected chi connectivity index (χ1v) is 24.4. The summed E-state index contributed by atoms with van der Waals surface area (Å²) in [6.07, 6.45) is 0. The predicted molar refractivity (Wildman–Crippen MR) is 281 cm³/mol. The molecule has 4 nitrogen and oxygen atoms in total. The molecule has 332 valence electrons. The second-order valence-corrected chi connectivity index (χ2v) is 21.1. The molecule has 6 aromatic rings. The van der Waals surface area contributed by atoms with E-state index in [-0.39, 0.29) is 0 Å². The van der Waals surface area contributed by atoms with Crippen LogP contribution in [-0.2, 0) is 0 Å². The third kappa shape index (κ3) is 9.73. The lowest BCUT2D eigenvalue weighted by atomic mass is 9.36. The maximum Gasteiger partial charge on any atom is 0.189 e. The Balaban J connectivity index is 0.000000234. The van der Waals surface area contributed by atoms with E-state index in [0.29, 0.717) is 48.3 Å². The molecule has 0 amide bonds. The van der Waals surface area contributed by atoms with Crippen molar-refractivity contribution < 1.29 is 0 Å². The van der Waals surface area contributed by atoms with Crippen molar-refractivity contribution in [1.82, 2.24) is 9.15 Å². The summed E-state index contributed by atoms with van der Waals surface area (Å²) in [5.74, 6) is 0. The largest absolute Gasteiger partial charge is 0.371 e. The van der Waals surface area contributed by atoms with Crippen LogP contribution >= 0.6 is 22.9 Å². The van der Waals surface area contributed by atoms with E-state index in [1.807, 2.05) is 0 Å². The van der Waals surface area contributed by atoms with Gasteiger partial charge in [-0.3, -0.25) is 0 Å². The Hall–Kier alpha value is -3.99. The molecule has 0 radical (unpaired) electrons. The van der Waals surface area contributed by atoms with Gasteiger partial charge in [0.2, 0.25) is 0 Å². The highest BCUT2D eigenvalue weighted by atomic mass is 35.5. The monoisotopic (exact) mass is 873 g/mol. The van der Waals surface area contributed by atoms with Crippen LogP contribution in [0, 0.1) is 0 Å². The summed E-state index contributed by atoms with van der Waals surface area (Å²) in [6, 6.07) is 45.7. The minimum absolute atomic E-state index is 0.395. The molecule has 0 fully saturated rings. The fourth-order valence-corrected chi connectivity index (χ4v) is 11.5. The lowest BCUT2D eigenvalue weighted by Crippen LogP contribution is -2.63. The first-order chi connectivity index (χ1) is 29.2. The molecule has 0 aliphatic rings. The average molecular weight is 874 g/mol. The van der Waals surface area contributed by atoms with Crippen molar-refractivity contribution in [3.8, 4) is 0 Å². The molecule has 0 aliphatic carbocycles. The van der Waals surface area contributed by atoms with Crippen LogP contribution in [0.5, 0.6) is 0 Å². The highest BCUT2D eigenvalue weighted by molar-refractivity contribution is 7.42. The van der Waals surface area contributed by atoms with Gasteiger partial charge in [0.05, 0.1) is 11.4 Å². The average Bonchev–Trinajstić information content (AvgIpc) is 4.13. The van der Waals surface area contributed by atoms with E-state index in [9.17, 15) is 0 Å². The molecule has 0 saturated heterocycles. The van der Waals surface area contributed by atoms with Crippen LogP contribution in [-0.4, -0.2) is 59.5 Å². The van der Waals surface area contributed by atoms with E-state index in [4.69, 9.17) is 22.9 Å². The molecule has 62 heavy (non-hydrogen) atoms. The summed E-state index contributed by atoms with van der Waals surface area (Å²) in [6.45, 7) is 36.5. The summed E-state index contributed by atoms with van der Waals surface area (Å²) < 4.78 is 5.10. The Morgan fingerprint density at radius 2 is 0.532 bits per heavy atom. The zero-order valence-electron chi connectivity index (χ0n) is 40.9. The van der Waals surface area contributed by atoms with Gasteiger partial charge in [-0.05, 0) is 111 Å². The number of hydrogen-bond acceptors (Lipinski definition) is 2. The highest BCUT2D eigenvalue weighted by Gasteiger charge is 2.46. The Morgan fingerprint density at radius 1 is 0.339 bits per heavy atom. The van der Waals surface area contributed by atoms with Gasteiger partial charge in [0.1, 0.15) is 24.2 Å². The van der Waals surface area contributed by atoms with Crippen molar-refractivity contribution in [3.05, 3.63) is 132 Å². The first-order valence-electron chi connectivity index (χ1n) is 23.5. The fourth-order valence-electron chi connectivity index (χ4n) is 10.5. The second kappa shape index (κ2) is 20.2. The van der Waals surface area contributed by atoms with Crippen LogP contribution < -0.4 is 62.4 Å². The summed E-state index contributed by atoms with van der Waals surface area (Å²) in [5, 5.41) is 2.69. The van der Waals surface area contributed by atoms with E-state index < -0.39 is 11.1 Å². The van der Waals surface area contributed by atoms with Gasteiger partial charge >= 0.3 is 0 Å². The third-order valence-electron chi connectivity index (χ3n) is 12.7. The molecular weight excluding hydrogens is 797 g/mol. The van der Waals surface area contributed by atoms with Gasteiger partial charge in [-0.2, -0.15) is 21.9 Å². The molecule has 0 spiro atoms. The highest BCUT2D eigenvalue weighted by Crippen LogP contribution is 2.27. The molecule has 0 unspecified atom stereocenters. The van der Waals surface area contributed by atoms with Gasteiger partial charge in [-0.25, -0.2) is 9.15 Å². The Labute approximate surface area is 386 Å². The molecule has 6 aromatic carbocycles. The van der Waals surface area contributed by atoms with Crippen LogP contribution in [0.1, 0.15) is 111 Å². The second-order valence-electron chi connectivity index (χ2n) is 19.8. The SMILES string of the molecule is CC(C)N(c1c([B-](Cl)(c2ccccc2)c2ccccc2)c1=[N+](C(C)C)C(C)C)C(C)C.CC(C)N(c1c([B-](Cl)(c2ccccc2)c2ccccc2)c1=[N+](C(C)C)C(C)C)C(C)C. The Bertz CT molecular complexity index is 2080. The smallest absolute Gasteiger partial charge is 0.189 e. The first kappa shape index (κ1) is 49.0. The standard InChI is InChI=1S/2C27H38BClN2/c2*1-19(2)30(20(3)4)26-25(27(26)31(21(5)6)22(7)8)28(29,23-15-11-9-12-16-23)24-17-13-10-14-18-24/h2*9-22H,1-8H3. The molecule has 0 bridgehead atoms. The van der Waals surface area contributed by atoms with Crippen molar-refractivity contribution in [2.24, 2.45) is 0 Å². The van der Waals surface area contributed by atoms with Crippen molar-refractivity contribution in [2.75, 3.05) is 9.80 Å². The molecule has 0 saturated carbocycles. The van der Waals surface area contributed by atoms with E-state index in [1.165, 1.54) is 54.9 Å². The van der Waals surface area contributed by atoms with E-state index in [0.717, 1.165) is 0 Å². The third-order valence-corrected chi connectivity index (χ3v) is 14.1. The van der Waals surface area contributed by atoms with Gasteiger partial charge < -0.3 is 32.7 Å². The molecule has 0 aliphatic heterocycles. The summed E-state index contributed by atoms with van der Waals surface area (Å²) in [7, 11) is 0. The number of halogens is 2. The van der Waals surface area contributed by atoms with Crippen molar-refractivity contribution in [2.45, 2.75) is 159 Å². The molecule has 0 atom stereocenters. The maximum absolute atomic E-state index is 7.81. The van der Waals surface area contributed by atoms with E-state index >= 15 is 0 Å². The number of benzene rings is 4. The topological polar surface area (TPSA) is 12.5 Å². The molecule has 0 N–H and O–H groups in total. The fraction of sp³-hybridized carbons (Fsp3) is 0.444. The van der Waals surface area contributed by atoms with E-state index in [2.05, 4.69) is 251 Å². The van der Waals surface area contributed by atoms with E-state index in [1.54, 1.807) is 0 Å². The molecule has 0 heterocycles. The lowest BCUT2D eigenvalue weighted by molar-refractivity contribution is 0.429.